The second-order valence-electron chi connectivity index (χ2n) is 4.34. The third-order valence-electron chi connectivity index (χ3n) is 2.99. The smallest absolute Gasteiger partial charge is 0.112 e. The van der Waals surface area contributed by atoms with E-state index in [1.54, 1.807) is 0 Å². The third-order valence-corrected chi connectivity index (χ3v) is 3.43. The van der Waals surface area contributed by atoms with E-state index < -0.39 is 0 Å². The number of pyridine rings is 2. The highest BCUT2D eigenvalue weighted by molar-refractivity contribution is 9.10. The van der Waals surface area contributed by atoms with Gasteiger partial charge in [0.15, 0.2) is 0 Å². The summed E-state index contributed by atoms with van der Waals surface area (Å²) in [7, 11) is 0. The molecule has 0 bridgehead atoms. The molecule has 3 nitrogen and oxygen atoms in total. The number of hydrogen-bond donors (Lipinski definition) is 1. The first-order valence-electron chi connectivity index (χ1n) is 5.41. The number of nitrogens with one attached hydrogen (secondary N) is 1. The Morgan fingerprint density at radius 1 is 1.44 bits per heavy atom. The lowest BCUT2D eigenvalue weighted by Crippen LogP contribution is -2.04. The largest absolute Gasteiger partial charge is 0.380 e. The molecule has 2 aromatic rings. The van der Waals surface area contributed by atoms with Crippen LogP contribution >= 0.6 is 15.9 Å². The average Bonchev–Trinajstić information content (AvgIpc) is 2.94. The quantitative estimate of drug-likeness (QED) is 0.916. The number of anilines is 1. The van der Waals surface area contributed by atoms with Gasteiger partial charge in [0.05, 0.1) is 11.2 Å². The molecule has 0 aromatic carbocycles. The van der Waals surface area contributed by atoms with E-state index >= 15 is 0 Å². The van der Waals surface area contributed by atoms with Crippen molar-refractivity contribution in [3.63, 3.8) is 0 Å². The average molecular weight is 278 g/mol. The van der Waals surface area contributed by atoms with Gasteiger partial charge >= 0.3 is 0 Å². The third kappa shape index (κ3) is 1.78. The Bertz CT molecular complexity index is 541. The van der Waals surface area contributed by atoms with E-state index in [9.17, 15) is 0 Å². The Morgan fingerprint density at radius 2 is 2.25 bits per heavy atom. The van der Waals surface area contributed by atoms with E-state index in [0.29, 0.717) is 6.04 Å². The molecule has 82 valence electrons. The molecule has 0 amide bonds. The zero-order valence-electron chi connectivity index (χ0n) is 8.94. The monoisotopic (exact) mass is 277 g/mol. The van der Waals surface area contributed by atoms with E-state index in [2.05, 4.69) is 38.1 Å². The molecular formula is C12H12BrN3. The number of aromatic nitrogens is 2. The van der Waals surface area contributed by atoms with E-state index in [4.69, 9.17) is 0 Å². The maximum absolute atomic E-state index is 4.41. The van der Waals surface area contributed by atoms with Crippen LogP contribution in [0, 0.1) is 5.92 Å². The minimum Gasteiger partial charge on any atom is -0.380 e. The maximum atomic E-state index is 4.41. The fraction of sp³-hybridized carbons (Fsp3) is 0.333. The summed E-state index contributed by atoms with van der Waals surface area (Å²) < 4.78 is 0.962. The first kappa shape index (κ1) is 10.0. The number of halogens is 1. The van der Waals surface area contributed by atoms with Gasteiger partial charge in [-0.3, -0.25) is 9.97 Å². The molecule has 1 aliphatic rings. The van der Waals surface area contributed by atoms with Crippen molar-refractivity contribution in [2.24, 2.45) is 5.92 Å². The summed E-state index contributed by atoms with van der Waals surface area (Å²) in [5, 5.41) is 3.51. The molecule has 2 unspecified atom stereocenters. The van der Waals surface area contributed by atoms with Gasteiger partial charge in [0, 0.05) is 22.9 Å². The van der Waals surface area contributed by atoms with Gasteiger partial charge in [-0.25, -0.2) is 0 Å². The highest BCUT2D eigenvalue weighted by Gasteiger charge is 2.32. The molecule has 1 aliphatic carbocycles. The second-order valence-corrected chi connectivity index (χ2v) is 5.26. The normalized spacial score (nSPS) is 23.4. The number of nitrogens with zero attached hydrogens (tertiary/aromatic N) is 2. The van der Waals surface area contributed by atoms with Gasteiger partial charge in [-0.05, 0) is 40.4 Å². The fourth-order valence-electron chi connectivity index (χ4n) is 1.84. The van der Waals surface area contributed by atoms with Crippen molar-refractivity contribution in [3.05, 3.63) is 29.0 Å². The minimum atomic E-state index is 0.607. The summed E-state index contributed by atoms with van der Waals surface area (Å²) >= 11 is 3.41. The van der Waals surface area contributed by atoms with Crippen LogP contribution in [0.1, 0.15) is 13.3 Å². The predicted molar refractivity (Wildman–Crippen MR) is 68.4 cm³/mol. The summed E-state index contributed by atoms with van der Waals surface area (Å²) in [6.07, 6.45) is 4.89. The van der Waals surface area contributed by atoms with E-state index in [-0.39, 0.29) is 0 Å². The van der Waals surface area contributed by atoms with Gasteiger partial charge < -0.3 is 5.32 Å². The molecule has 0 aliphatic heterocycles. The van der Waals surface area contributed by atoms with Crippen molar-refractivity contribution < 1.29 is 0 Å². The van der Waals surface area contributed by atoms with Crippen molar-refractivity contribution in [2.75, 3.05) is 5.32 Å². The van der Waals surface area contributed by atoms with Crippen molar-refractivity contribution >= 4 is 32.7 Å². The van der Waals surface area contributed by atoms with Crippen LogP contribution in [-0.4, -0.2) is 16.0 Å². The summed E-state index contributed by atoms with van der Waals surface area (Å²) in [6.45, 7) is 2.26. The fourth-order valence-corrected chi connectivity index (χ4v) is 2.16. The number of fused-ring (bicyclic) bond motifs is 1. The van der Waals surface area contributed by atoms with Crippen LogP contribution < -0.4 is 5.32 Å². The van der Waals surface area contributed by atoms with Crippen LogP contribution in [0.3, 0.4) is 0 Å². The van der Waals surface area contributed by atoms with Crippen molar-refractivity contribution in [3.8, 4) is 0 Å². The Kier molecular flexibility index (Phi) is 2.32. The predicted octanol–water partition coefficient (Wildman–Crippen LogP) is 3.21. The van der Waals surface area contributed by atoms with Gasteiger partial charge in [0.1, 0.15) is 5.52 Å². The molecule has 2 heterocycles. The molecule has 0 spiro atoms. The van der Waals surface area contributed by atoms with E-state index in [0.717, 1.165) is 27.1 Å². The van der Waals surface area contributed by atoms with Gasteiger partial charge in [-0.15, -0.1) is 0 Å². The molecule has 0 radical (unpaired) electrons. The zero-order chi connectivity index (χ0) is 11.1. The lowest BCUT2D eigenvalue weighted by Gasteiger charge is -2.07. The Balaban J connectivity index is 2.03. The van der Waals surface area contributed by atoms with Crippen LogP contribution in [0.25, 0.3) is 11.0 Å². The van der Waals surface area contributed by atoms with Gasteiger partial charge in [-0.1, -0.05) is 6.92 Å². The maximum Gasteiger partial charge on any atom is 0.112 e. The standard InChI is InChI=1S/C12H12BrN3/c1-7-4-10(7)16-9-2-3-14-11-5-8(13)6-15-12(9)11/h2-3,5-7,10H,4H2,1H3,(H,14,16). The lowest BCUT2D eigenvalue weighted by atomic mass is 10.3. The van der Waals surface area contributed by atoms with Gasteiger partial charge in [0.2, 0.25) is 0 Å². The zero-order valence-corrected chi connectivity index (χ0v) is 10.5. The van der Waals surface area contributed by atoms with Crippen LogP contribution in [-0.2, 0) is 0 Å². The molecule has 2 aromatic heterocycles. The summed E-state index contributed by atoms with van der Waals surface area (Å²) in [5.41, 5.74) is 2.96. The first-order valence-corrected chi connectivity index (χ1v) is 6.20. The van der Waals surface area contributed by atoms with Crippen LogP contribution in [0.4, 0.5) is 5.69 Å². The summed E-state index contributed by atoms with van der Waals surface area (Å²) in [6, 6.07) is 4.59. The van der Waals surface area contributed by atoms with Crippen molar-refractivity contribution in [1.82, 2.24) is 9.97 Å². The molecule has 1 fully saturated rings. The van der Waals surface area contributed by atoms with Crippen molar-refractivity contribution in [1.29, 1.82) is 0 Å². The Labute approximate surface area is 102 Å². The van der Waals surface area contributed by atoms with Crippen LogP contribution in [0.15, 0.2) is 29.0 Å². The molecule has 16 heavy (non-hydrogen) atoms. The molecule has 1 saturated carbocycles. The van der Waals surface area contributed by atoms with E-state index in [1.807, 2.05) is 24.5 Å². The molecule has 2 atom stereocenters. The second kappa shape index (κ2) is 3.70. The van der Waals surface area contributed by atoms with Gasteiger partial charge in [0.25, 0.3) is 0 Å². The molecule has 3 rings (SSSR count). The highest BCUT2D eigenvalue weighted by Crippen LogP contribution is 2.34. The topological polar surface area (TPSA) is 37.8 Å². The Morgan fingerprint density at radius 3 is 3.00 bits per heavy atom. The van der Waals surface area contributed by atoms with E-state index in [1.165, 1.54) is 6.42 Å². The lowest BCUT2D eigenvalue weighted by molar-refractivity contribution is 0.929. The molecule has 0 saturated heterocycles. The number of hydrogen-bond acceptors (Lipinski definition) is 3. The summed E-state index contributed by atoms with van der Waals surface area (Å²) in [5.74, 6) is 0.777. The molecular weight excluding hydrogens is 266 g/mol. The minimum absolute atomic E-state index is 0.607. The van der Waals surface area contributed by atoms with Crippen LogP contribution in [0.5, 0.6) is 0 Å². The highest BCUT2D eigenvalue weighted by atomic mass is 79.9. The SMILES string of the molecule is CC1CC1Nc1ccnc2cc(Br)cnc12. The van der Waals surface area contributed by atoms with Crippen LogP contribution in [0.2, 0.25) is 0 Å². The Hall–Kier alpha value is -1.16. The number of rotatable bonds is 2. The molecule has 4 heteroatoms. The van der Waals surface area contributed by atoms with Gasteiger partial charge in [-0.2, -0.15) is 0 Å². The molecule has 1 N–H and O–H groups in total. The first-order chi connectivity index (χ1) is 7.74. The summed E-state index contributed by atoms with van der Waals surface area (Å²) in [4.78, 5) is 8.73. The van der Waals surface area contributed by atoms with Crippen molar-refractivity contribution in [2.45, 2.75) is 19.4 Å².